The molecule has 0 bridgehead atoms. The van der Waals surface area contributed by atoms with Crippen LogP contribution in [0.1, 0.15) is 121 Å². The lowest BCUT2D eigenvalue weighted by Crippen LogP contribution is -2.35. The number of carbonyl (C=O) groups excluding carboxylic acids is 4. The summed E-state index contributed by atoms with van der Waals surface area (Å²) in [6.07, 6.45) is 5.94. The first-order valence-corrected chi connectivity index (χ1v) is 18.0. The molecule has 2 fully saturated rings. The molecule has 8 heteroatoms. The van der Waals surface area contributed by atoms with Crippen LogP contribution in [0.5, 0.6) is 11.5 Å². The maximum absolute atomic E-state index is 12.9. The third kappa shape index (κ3) is 9.40. The van der Waals surface area contributed by atoms with E-state index in [1.54, 1.807) is 48.5 Å². The minimum Gasteiger partial charge on any atom is -0.458 e. The van der Waals surface area contributed by atoms with Crippen LogP contribution in [0.15, 0.2) is 72.8 Å². The summed E-state index contributed by atoms with van der Waals surface area (Å²) in [7, 11) is 0. The predicted molar refractivity (Wildman–Crippen MR) is 190 cm³/mol. The standard InChI is InChI=1S/C42H50O8/c1-25(2)35-21-7-27(5)23-37(35)49-41(45)31-13-17-33(18-14-31)47-39(43)29-9-11-30(12-10-29)40(44)48-34-19-15-32(16-20-34)42(46)50-38-24-28(6)8-22-36(38)26(3)4/h9-20,25-28,35-38H,7-8,21-24H2,1-6H3/t27-,28-,35+,36+,37-,38-/m0/s1. The molecule has 2 aliphatic rings. The van der Waals surface area contributed by atoms with Gasteiger partial charge >= 0.3 is 23.9 Å². The number of ether oxygens (including phenoxy) is 4. The minimum absolute atomic E-state index is 0.104. The second kappa shape index (κ2) is 16.5. The van der Waals surface area contributed by atoms with Gasteiger partial charge in [0.1, 0.15) is 23.7 Å². The van der Waals surface area contributed by atoms with Crippen LogP contribution in [0, 0.1) is 35.5 Å². The Balaban J connectivity index is 1.11. The molecule has 6 atom stereocenters. The zero-order chi connectivity index (χ0) is 35.9. The fraction of sp³-hybridized carbons (Fsp3) is 0.476. The van der Waals surface area contributed by atoms with Gasteiger partial charge in [-0.15, -0.1) is 0 Å². The van der Waals surface area contributed by atoms with Crippen LogP contribution in [0.25, 0.3) is 0 Å². The molecule has 5 rings (SSSR count). The Morgan fingerprint density at radius 3 is 1.10 bits per heavy atom. The molecular weight excluding hydrogens is 632 g/mol. The van der Waals surface area contributed by atoms with Gasteiger partial charge in [-0.3, -0.25) is 0 Å². The summed E-state index contributed by atoms with van der Waals surface area (Å²) in [5.41, 5.74) is 1.28. The maximum Gasteiger partial charge on any atom is 0.343 e. The van der Waals surface area contributed by atoms with Crippen LogP contribution < -0.4 is 9.47 Å². The van der Waals surface area contributed by atoms with Crippen molar-refractivity contribution in [2.45, 2.75) is 92.3 Å². The Morgan fingerprint density at radius 1 is 0.480 bits per heavy atom. The Hall–Kier alpha value is -4.46. The summed E-state index contributed by atoms with van der Waals surface area (Å²) in [6, 6.07) is 18.6. The molecule has 0 N–H and O–H groups in total. The van der Waals surface area contributed by atoms with Crippen molar-refractivity contribution in [3.8, 4) is 11.5 Å². The summed E-state index contributed by atoms with van der Waals surface area (Å²) in [5.74, 6) is 1.20. The summed E-state index contributed by atoms with van der Waals surface area (Å²) in [4.78, 5) is 51.4. The number of benzene rings is 3. The van der Waals surface area contributed by atoms with Gasteiger partial charge in [-0.1, -0.05) is 54.4 Å². The zero-order valence-electron chi connectivity index (χ0n) is 30.1. The average Bonchev–Trinajstić information content (AvgIpc) is 3.08. The molecule has 0 unspecified atom stereocenters. The van der Waals surface area contributed by atoms with Gasteiger partial charge in [0.25, 0.3) is 0 Å². The van der Waals surface area contributed by atoms with Crippen molar-refractivity contribution < 1.29 is 38.1 Å². The molecule has 3 aromatic rings. The molecule has 2 saturated carbocycles. The van der Waals surface area contributed by atoms with E-state index in [1.165, 1.54) is 24.3 Å². The molecule has 50 heavy (non-hydrogen) atoms. The largest absolute Gasteiger partial charge is 0.458 e. The topological polar surface area (TPSA) is 105 Å². The molecule has 2 aliphatic carbocycles. The van der Waals surface area contributed by atoms with Gasteiger partial charge in [-0.05, 0) is 134 Å². The summed E-state index contributed by atoms with van der Waals surface area (Å²) < 4.78 is 22.9. The van der Waals surface area contributed by atoms with E-state index < -0.39 is 11.9 Å². The quantitative estimate of drug-likeness (QED) is 0.154. The normalized spacial score (nSPS) is 23.6. The highest BCUT2D eigenvalue weighted by molar-refractivity contribution is 5.95. The molecular formula is C42H50O8. The van der Waals surface area contributed by atoms with E-state index in [2.05, 4.69) is 41.5 Å². The third-order valence-electron chi connectivity index (χ3n) is 10.4. The highest BCUT2D eigenvalue weighted by atomic mass is 16.6. The Labute approximate surface area is 295 Å². The molecule has 0 amide bonds. The molecule has 0 saturated heterocycles. The lowest BCUT2D eigenvalue weighted by molar-refractivity contribution is -0.0181. The van der Waals surface area contributed by atoms with E-state index in [1.807, 2.05) is 0 Å². The van der Waals surface area contributed by atoms with Crippen molar-refractivity contribution in [3.63, 3.8) is 0 Å². The Kier molecular flexibility index (Phi) is 12.1. The van der Waals surface area contributed by atoms with Crippen molar-refractivity contribution in [1.29, 1.82) is 0 Å². The van der Waals surface area contributed by atoms with E-state index in [-0.39, 0.29) is 46.8 Å². The summed E-state index contributed by atoms with van der Waals surface area (Å²) >= 11 is 0. The third-order valence-corrected chi connectivity index (χ3v) is 10.4. The van der Waals surface area contributed by atoms with Gasteiger partial charge in [-0.25, -0.2) is 19.2 Å². The highest BCUT2D eigenvalue weighted by Gasteiger charge is 2.35. The second-order valence-corrected chi connectivity index (χ2v) is 14.9. The van der Waals surface area contributed by atoms with Gasteiger partial charge in [0.15, 0.2) is 0 Å². The number of carbonyl (C=O) groups is 4. The average molecular weight is 683 g/mol. The van der Waals surface area contributed by atoms with E-state index in [4.69, 9.17) is 18.9 Å². The summed E-state index contributed by atoms with van der Waals surface area (Å²) in [6.45, 7) is 13.1. The molecule has 8 nitrogen and oxygen atoms in total. The van der Waals surface area contributed by atoms with E-state index in [0.717, 1.165) is 38.5 Å². The molecule has 0 aliphatic heterocycles. The van der Waals surface area contributed by atoms with E-state index in [0.29, 0.717) is 46.6 Å². The lowest BCUT2D eigenvalue weighted by Gasteiger charge is -2.36. The zero-order valence-corrected chi connectivity index (χ0v) is 30.1. The molecule has 266 valence electrons. The molecule has 3 aromatic carbocycles. The minimum atomic E-state index is -0.610. The Morgan fingerprint density at radius 2 is 0.780 bits per heavy atom. The maximum atomic E-state index is 12.9. The van der Waals surface area contributed by atoms with Crippen LogP contribution in [0.2, 0.25) is 0 Å². The molecule has 0 radical (unpaired) electrons. The number of hydrogen-bond acceptors (Lipinski definition) is 8. The first kappa shape index (κ1) is 36.8. The smallest absolute Gasteiger partial charge is 0.343 e. The van der Waals surface area contributed by atoms with Crippen LogP contribution in [0.3, 0.4) is 0 Å². The van der Waals surface area contributed by atoms with Gasteiger partial charge in [0.05, 0.1) is 22.3 Å². The molecule has 0 aromatic heterocycles. The highest BCUT2D eigenvalue weighted by Crippen LogP contribution is 2.37. The van der Waals surface area contributed by atoms with Crippen LogP contribution in [0.4, 0.5) is 0 Å². The fourth-order valence-electron chi connectivity index (χ4n) is 7.30. The van der Waals surface area contributed by atoms with Crippen molar-refractivity contribution in [2.75, 3.05) is 0 Å². The number of rotatable bonds is 10. The second-order valence-electron chi connectivity index (χ2n) is 14.9. The van der Waals surface area contributed by atoms with Crippen molar-refractivity contribution >= 4 is 23.9 Å². The number of hydrogen-bond donors (Lipinski definition) is 0. The first-order valence-electron chi connectivity index (χ1n) is 18.0. The molecule has 0 spiro atoms. The number of esters is 4. The van der Waals surface area contributed by atoms with E-state index >= 15 is 0 Å². The van der Waals surface area contributed by atoms with Crippen molar-refractivity contribution in [1.82, 2.24) is 0 Å². The van der Waals surface area contributed by atoms with Gasteiger partial charge < -0.3 is 18.9 Å². The SMILES string of the molecule is CC(C)[C@H]1CC[C@H](C)C[C@@H]1OC(=O)c1ccc(OC(=O)c2ccc(C(=O)Oc3ccc(C(=O)O[C@H]4C[C@@H](C)CC[C@@H]4C(C)C)cc3)cc2)cc1. The van der Waals surface area contributed by atoms with Crippen molar-refractivity contribution in [2.24, 2.45) is 35.5 Å². The van der Waals surface area contributed by atoms with Gasteiger partial charge in [0.2, 0.25) is 0 Å². The monoisotopic (exact) mass is 682 g/mol. The van der Waals surface area contributed by atoms with Crippen molar-refractivity contribution in [3.05, 3.63) is 95.1 Å². The van der Waals surface area contributed by atoms with Crippen LogP contribution in [-0.2, 0) is 9.47 Å². The molecule has 0 heterocycles. The lowest BCUT2D eigenvalue weighted by atomic mass is 9.75. The van der Waals surface area contributed by atoms with Crippen LogP contribution in [-0.4, -0.2) is 36.1 Å². The fourth-order valence-corrected chi connectivity index (χ4v) is 7.30. The van der Waals surface area contributed by atoms with Crippen LogP contribution >= 0.6 is 0 Å². The van der Waals surface area contributed by atoms with Gasteiger partial charge in [-0.2, -0.15) is 0 Å². The summed E-state index contributed by atoms with van der Waals surface area (Å²) in [5, 5.41) is 0. The first-order chi connectivity index (χ1) is 23.9. The van der Waals surface area contributed by atoms with E-state index in [9.17, 15) is 19.2 Å². The predicted octanol–water partition coefficient (Wildman–Crippen LogP) is 9.36. The van der Waals surface area contributed by atoms with Gasteiger partial charge in [0, 0.05) is 0 Å². The Bertz CT molecular complexity index is 1500.